The summed E-state index contributed by atoms with van der Waals surface area (Å²) in [6.45, 7) is 4.10. The number of nitrogens with two attached hydrogens (primary N) is 1. The van der Waals surface area contributed by atoms with E-state index in [1.54, 1.807) is 102 Å². The number of hydrogen-bond donors (Lipinski definition) is 5. The highest BCUT2D eigenvalue weighted by molar-refractivity contribution is 6.08. The van der Waals surface area contributed by atoms with E-state index >= 15 is 0 Å². The smallest absolute Gasteiger partial charge is 0.272 e. The number of amides is 4. The molecule has 0 aromatic carbocycles. The number of rotatable bonds is 20. The first-order chi connectivity index (χ1) is 24.1. The highest BCUT2D eigenvalue weighted by Gasteiger charge is 2.19. The van der Waals surface area contributed by atoms with Gasteiger partial charge in [0.2, 0.25) is 0 Å². The number of aryl methyl sites for hydroxylation is 4. The summed E-state index contributed by atoms with van der Waals surface area (Å²) in [6, 6.07) is 8.20. The fourth-order valence-corrected chi connectivity index (χ4v) is 5.05. The highest BCUT2D eigenvalue weighted by Crippen LogP contribution is 2.20. The summed E-state index contributed by atoms with van der Waals surface area (Å²) in [6.07, 6.45) is 8.15. The summed E-state index contributed by atoms with van der Waals surface area (Å²) in [5.41, 5.74) is 8.19. The number of nitrogens with zero attached hydrogens (tertiary/aromatic N) is 4. The molecule has 0 spiro atoms. The van der Waals surface area contributed by atoms with Gasteiger partial charge in [-0.1, -0.05) is 0 Å². The third kappa shape index (κ3) is 10.7. The van der Waals surface area contributed by atoms with Crippen LogP contribution in [0.3, 0.4) is 0 Å². The second kappa shape index (κ2) is 18.6. The summed E-state index contributed by atoms with van der Waals surface area (Å²) >= 11 is 0. The van der Waals surface area contributed by atoms with Crippen LogP contribution in [0.15, 0.2) is 55.1 Å². The van der Waals surface area contributed by atoms with E-state index in [2.05, 4.69) is 21.3 Å². The number of aromatic nitrogens is 4. The number of anilines is 3. The molecule has 16 heteroatoms. The molecule has 4 heterocycles. The van der Waals surface area contributed by atoms with Crippen molar-refractivity contribution in [3.05, 3.63) is 77.9 Å². The molecule has 270 valence electrons. The van der Waals surface area contributed by atoms with Crippen molar-refractivity contribution in [2.24, 2.45) is 33.9 Å². The van der Waals surface area contributed by atoms with Gasteiger partial charge in [-0.05, 0) is 49.7 Å². The minimum atomic E-state index is -0.421. The lowest BCUT2D eigenvalue weighted by atomic mass is 10.3. The Morgan fingerprint density at radius 2 is 1.00 bits per heavy atom. The van der Waals surface area contributed by atoms with Crippen LogP contribution in [0.25, 0.3) is 0 Å². The fraction of sp³-hybridized carbons (Fsp3) is 0.412. The van der Waals surface area contributed by atoms with E-state index < -0.39 is 11.8 Å². The molecular formula is C34H47N9O7. The molecule has 0 fully saturated rings. The van der Waals surface area contributed by atoms with Crippen molar-refractivity contribution in [1.82, 2.24) is 23.6 Å². The Bertz CT molecular complexity index is 1750. The number of carbonyl (C=O) groups is 4. The van der Waals surface area contributed by atoms with Crippen molar-refractivity contribution in [3.8, 4) is 0 Å². The zero-order chi connectivity index (χ0) is 36.0. The third-order valence-electron chi connectivity index (χ3n) is 7.65. The topological polar surface area (TPSA) is 190 Å². The van der Waals surface area contributed by atoms with Gasteiger partial charge in [0.25, 0.3) is 23.6 Å². The second-order valence-electron chi connectivity index (χ2n) is 11.6. The Balaban J connectivity index is 1.20. The average molecular weight is 694 g/mol. The molecule has 4 rings (SSSR count). The molecule has 0 aliphatic heterocycles. The molecule has 0 saturated carbocycles. The summed E-state index contributed by atoms with van der Waals surface area (Å²) in [5, 5.41) is 11.3. The lowest BCUT2D eigenvalue weighted by Gasteiger charge is -2.08. The molecule has 4 amide bonds. The van der Waals surface area contributed by atoms with Crippen molar-refractivity contribution in [3.63, 3.8) is 0 Å². The minimum Gasteiger partial charge on any atom is -0.379 e. The third-order valence-corrected chi connectivity index (χ3v) is 7.65. The number of hydrogen-bond acceptors (Lipinski definition) is 8. The predicted molar refractivity (Wildman–Crippen MR) is 189 cm³/mol. The van der Waals surface area contributed by atoms with Crippen LogP contribution >= 0.6 is 0 Å². The maximum atomic E-state index is 13.2. The molecular weight excluding hydrogens is 646 g/mol. The van der Waals surface area contributed by atoms with E-state index in [1.807, 2.05) is 0 Å². The number of nitrogens with one attached hydrogen (secondary N) is 4. The molecule has 6 N–H and O–H groups in total. The molecule has 16 nitrogen and oxygen atoms in total. The van der Waals surface area contributed by atoms with E-state index in [-0.39, 0.29) is 11.8 Å². The molecule has 0 radical (unpaired) electrons. The Morgan fingerprint density at radius 1 is 0.580 bits per heavy atom. The minimum absolute atomic E-state index is 0.279. The van der Waals surface area contributed by atoms with E-state index in [0.29, 0.717) is 99.0 Å². The maximum absolute atomic E-state index is 13.2. The zero-order valence-electron chi connectivity index (χ0n) is 29.0. The Morgan fingerprint density at radius 3 is 1.44 bits per heavy atom. The molecule has 4 aromatic heterocycles. The Kier molecular flexibility index (Phi) is 14.0. The Hall–Kier alpha value is -5.16. The van der Waals surface area contributed by atoms with Crippen LogP contribution in [0.2, 0.25) is 0 Å². The first-order valence-corrected chi connectivity index (χ1v) is 16.3. The maximum Gasteiger partial charge on any atom is 0.272 e. The second-order valence-corrected chi connectivity index (χ2v) is 11.6. The van der Waals surface area contributed by atoms with Crippen molar-refractivity contribution in [1.29, 1.82) is 0 Å². The average Bonchev–Trinajstić information content (AvgIpc) is 3.85. The van der Waals surface area contributed by atoms with E-state index in [0.717, 1.165) is 6.42 Å². The van der Waals surface area contributed by atoms with Crippen LogP contribution in [0, 0.1) is 0 Å². The monoisotopic (exact) mass is 693 g/mol. The molecule has 50 heavy (non-hydrogen) atoms. The number of carbonyl (C=O) groups excluding carboxylic acids is 4. The highest BCUT2D eigenvalue weighted by atomic mass is 16.5. The van der Waals surface area contributed by atoms with Gasteiger partial charge in [-0.2, -0.15) is 0 Å². The summed E-state index contributed by atoms with van der Waals surface area (Å²) < 4.78 is 22.9. The zero-order valence-corrected chi connectivity index (χ0v) is 29.0. The SMILES string of the molecule is Cn1cc(NC(=O)c2cc(NC(=O)c3cc(NC(=O)c4cccn4C)cn3C)cn2C)cc1C(=O)NCCCOCCOCCOCCCN. The van der Waals surface area contributed by atoms with Crippen LogP contribution in [0.4, 0.5) is 17.1 Å². The first-order valence-electron chi connectivity index (χ1n) is 16.3. The standard InChI is InChI=1S/C34H47N9O7/c1-40-11-5-8-27(40)32(45)37-25-19-29(42(3)22-25)34(47)39-26-20-30(43(4)23-26)33(46)38-24-18-28(41(2)21-24)31(44)36-10-7-13-49-15-17-50-16-14-48-12-6-9-35/h5,8,11,18-23H,6-7,9-10,12-17,35H2,1-4H3,(H,36,44)(H,37,45)(H,38,46)(H,39,47). The molecule has 0 saturated heterocycles. The first kappa shape index (κ1) is 37.7. The lowest BCUT2D eigenvalue weighted by molar-refractivity contribution is 0.0141. The van der Waals surface area contributed by atoms with Crippen molar-refractivity contribution in [2.45, 2.75) is 12.8 Å². The van der Waals surface area contributed by atoms with Gasteiger partial charge in [-0.25, -0.2) is 0 Å². The van der Waals surface area contributed by atoms with E-state index in [1.165, 1.54) is 0 Å². The van der Waals surface area contributed by atoms with Gasteiger partial charge in [0, 0.05) is 72.7 Å². The summed E-state index contributed by atoms with van der Waals surface area (Å²) in [5.74, 6) is -1.41. The van der Waals surface area contributed by atoms with Crippen LogP contribution in [-0.4, -0.2) is 94.6 Å². The predicted octanol–water partition coefficient (Wildman–Crippen LogP) is 2.32. The largest absolute Gasteiger partial charge is 0.379 e. The molecule has 0 atom stereocenters. The summed E-state index contributed by atoms with van der Waals surface area (Å²) in [4.78, 5) is 51.6. The lowest BCUT2D eigenvalue weighted by Crippen LogP contribution is -2.27. The van der Waals surface area contributed by atoms with Gasteiger partial charge in [0.15, 0.2) is 0 Å². The van der Waals surface area contributed by atoms with Gasteiger partial charge < -0.3 is 59.5 Å². The van der Waals surface area contributed by atoms with Crippen LogP contribution < -0.4 is 27.0 Å². The molecule has 0 aliphatic rings. The van der Waals surface area contributed by atoms with Gasteiger partial charge >= 0.3 is 0 Å². The molecule has 0 bridgehead atoms. The van der Waals surface area contributed by atoms with Gasteiger partial charge in [0.1, 0.15) is 22.8 Å². The molecule has 0 unspecified atom stereocenters. The fourth-order valence-electron chi connectivity index (χ4n) is 5.05. The van der Waals surface area contributed by atoms with Crippen molar-refractivity contribution in [2.75, 3.05) is 68.7 Å². The number of ether oxygens (including phenoxy) is 3. The van der Waals surface area contributed by atoms with Crippen LogP contribution in [-0.2, 0) is 42.4 Å². The van der Waals surface area contributed by atoms with Crippen molar-refractivity contribution < 1.29 is 33.4 Å². The van der Waals surface area contributed by atoms with Crippen LogP contribution in [0.5, 0.6) is 0 Å². The van der Waals surface area contributed by atoms with E-state index in [9.17, 15) is 19.2 Å². The quantitative estimate of drug-likeness (QED) is 0.0872. The normalized spacial score (nSPS) is 11.1. The van der Waals surface area contributed by atoms with Gasteiger partial charge in [-0.3, -0.25) is 19.2 Å². The van der Waals surface area contributed by atoms with E-state index in [4.69, 9.17) is 19.9 Å². The van der Waals surface area contributed by atoms with Crippen LogP contribution in [0.1, 0.15) is 54.8 Å². The summed E-state index contributed by atoms with van der Waals surface area (Å²) in [7, 11) is 6.87. The molecule has 0 aliphatic carbocycles. The van der Waals surface area contributed by atoms with Crippen molar-refractivity contribution >= 4 is 40.7 Å². The van der Waals surface area contributed by atoms with Gasteiger partial charge in [-0.15, -0.1) is 0 Å². The molecule has 4 aromatic rings. The van der Waals surface area contributed by atoms with Gasteiger partial charge in [0.05, 0.1) is 43.5 Å². The Labute approximate surface area is 290 Å².